The average Bonchev–Trinajstić information content (AvgIpc) is 2.48. The first-order chi connectivity index (χ1) is 10.1. The molecule has 2 aromatic rings. The summed E-state index contributed by atoms with van der Waals surface area (Å²) in [5, 5.41) is 9.31. The maximum absolute atomic E-state index is 13.4. The molecule has 0 bridgehead atoms. The standard InChI is InChI=1S/C17H14FNO2/c1-11-4-3-5-12(8-11)14(10-19)17(20)13-6-7-15(18)16(9-13)21-2/h3-9,14H,1-2H3. The second-order valence-corrected chi connectivity index (χ2v) is 4.69. The number of halogens is 1. The lowest BCUT2D eigenvalue weighted by Gasteiger charge is -2.10. The molecule has 0 heterocycles. The van der Waals surface area contributed by atoms with E-state index in [1.807, 2.05) is 19.1 Å². The van der Waals surface area contributed by atoms with E-state index in [-0.39, 0.29) is 17.1 Å². The minimum absolute atomic E-state index is 0.0122. The van der Waals surface area contributed by atoms with Crippen molar-refractivity contribution in [3.63, 3.8) is 0 Å². The van der Waals surface area contributed by atoms with E-state index in [4.69, 9.17) is 4.74 Å². The molecule has 1 unspecified atom stereocenters. The Morgan fingerprint density at radius 1 is 1.29 bits per heavy atom. The predicted octanol–water partition coefficient (Wildman–Crippen LogP) is 3.63. The van der Waals surface area contributed by atoms with Gasteiger partial charge in [-0.3, -0.25) is 4.79 Å². The molecule has 0 saturated heterocycles. The van der Waals surface area contributed by atoms with Gasteiger partial charge in [-0.1, -0.05) is 29.8 Å². The normalized spacial score (nSPS) is 11.5. The highest BCUT2D eigenvalue weighted by atomic mass is 19.1. The van der Waals surface area contributed by atoms with Crippen LogP contribution in [0.2, 0.25) is 0 Å². The topological polar surface area (TPSA) is 50.1 Å². The molecule has 0 N–H and O–H groups in total. The smallest absolute Gasteiger partial charge is 0.184 e. The number of nitriles is 1. The third kappa shape index (κ3) is 3.09. The van der Waals surface area contributed by atoms with Gasteiger partial charge in [-0.15, -0.1) is 0 Å². The maximum Gasteiger partial charge on any atom is 0.184 e. The molecule has 0 spiro atoms. The van der Waals surface area contributed by atoms with Gasteiger partial charge in [0.1, 0.15) is 5.92 Å². The van der Waals surface area contributed by atoms with E-state index >= 15 is 0 Å². The fraction of sp³-hybridized carbons (Fsp3) is 0.176. The molecule has 0 saturated carbocycles. The highest BCUT2D eigenvalue weighted by molar-refractivity contribution is 6.03. The van der Waals surface area contributed by atoms with Gasteiger partial charge in [0, 0.05) is 5.56 Å². The van der Waals surface area contributed by atoms with Gasteiger partial charge in [0.05, 0.1) is 13.2 Å². The lowest BCUT2D eigenvalue weighted by Crippen LogP contribution is -2.11. The minimum Gasteiger partial charge on any atom is -0.494 e. The highest BCUT2D eigenvalue weighted by Crippen LogP contribution is 2.25. The van der Waals surface area contributed by atoms with Crippen molar-refractivity contribution < 1.29 is 13.9 Å². The monoisotopic (exact) mass is 283 g/mol. The van der Waals surface area contributed by atoms with Crippen LogP contribution in [0.3, 0.4) is 0 Å². The van der Waals surface area contributed by atoms with Crippen molar-refractivity contribution in [1.29, 1.82) is 5.26 Å². The van der Waals surface area contributed by atoms with Gasteiger partial charge >= 0.3 is 0 Å². The molecule has 0 amide bonds. The van der Waals surface area contributed by atoms with E-state index in [2.05, 4.69) is 0 Å². The van der Waals surface area contributed by atoms with Gasteiger partial charge in [0.25, 0.3) is 0 Å². The van der Waals surface area contributed by atoms with Crippen LogP contribution in [0.4, 0.5) is 4.39 Å². The van der Waals surface area contributed by atoms with Crippen molar-refractivity contribution in [2.75, 3.05) is 7.11 Å². The average molecular weight is 283 g/mol. The summed E-state index contributed by atoms with van der Waals surface area (Å²) in [6.45, 7) is 1.89. The van der Waals surface area contributed by atoms with E-state index < -0.39 is 11.7 Å². The van der Waals surface area contributed by atoms with Crippen molar-refractivity contribution in [2.24, 2.45) is 0 Å². The van der Waals surface area contributed by atoms with Crippen molar-refractivity contribution in [1.82, 2.24) is 0 Å². The molecule has 106 valence electrons. The van der Waals surface area contributed by atoms with Crippen LogP contribution in [0, 0.1) is 24.1 Å². The number of carbonyl (C=O) groups excluding carboxylic acids is 1. The summed E-state index contributed by atoms with van der Waals surface area (Å²) in [6.07, 6.45) is 0. The van der Waals surface area contributed by atoms with Crippen molar-refractivity contribution in [3.05, 3.63) is 65.0 Å². The lowest BCUT2D eigenvalue weighted by molar-refractivity contribution is 0.0978. The first kappa shape index (κ1) is 14.7. The summed E-state index contributed by atoms with van der Waals surface area (Å²) in [4.78, 5) is 12.5. The van der Waals surface area contributed by atoms with Crippen LogP contribution in [0.5, 0.6) is 5.75 Å². The molecular formula is C17H14FNO2. The van der Waals surface area contributed by atoms with E-state index in [9.17, 15) is 14.4 Å². The van der Waals surface area contributed by atoms with Crippen molar-refractivity contribution in [3.8, 4) is 11.8 Å². The number of carbonyl (C=O) groups is 1. The number of ether oxygens (including phenoxy) is 1. The van der Waals surface area contributed by atoms with Gasteiger partial charge in [0.15, 0.2) is 17.3 Å². The molecule has 2 rings (SSSR count). The van der Waals surface area contributed by atoms with Gasteiger partial charge in [-0.2, -0.15) is 5.26 Å². The van der Waals surface area contributed by atoms with Crippen molar-refractivity contribution in [2.45, 2.75) is 12.8 Å². The molecule has 1 atom stereocenters. The summed E-state index contributed by atoms with van der Waals surface area (Å²) in [5.41, 5.74) is 1.85. The molecule has 0 aliphatic rings. The maximum atomic E-state index is 13.4. The Labute approximate surface area is 122 Å². The molecule has 0 aliphatic carbocycles. The van der Waals surface area contributed by atoms with E-state index in [0.29, 0.717) is 5.56 Å². The van der Waals surface area contributed by atoms with Crippen molar-refractivity contribution >= 4 is 5.78 Å². The molecular weight excluding hydrogens is 269 g/mol. The molecule has 4 heteroatoms. The first-order valence-corrected chi connectivity index (χ1v) is 6.40. The molecule has 3 nitrogen and oxygen atoms in total. The number of ketones is 1. The summed E-state index contributed by atoms with van der Waals surface area (Å²) in [7, 11) is 1.33. The Balaban J connectivity index is 2.40. The Morgan fingerprint density at radius 3 is 2.67 bits per heavy atom. The van der Waals surface area contributed by atoms with Crippen LogP contribution in [0.1, 0.15) is 27.4 Å². The van der Waals surface area contributed by atoms with Crippen LogP contribution in [0.15, 0.2) is 42.5 Å². The number of aryl methyl sites for hydroxylation is 1. The zero-order valence-corrected chi connectivity index (χ0v) is 11.8. The van der Waals surface area contributed by atoms with E-state index in [1.165, 1.54) is 19.2 Å². The first-order valence-electron chi connectivity index (χ1n) is 6.40. The summed E-state index contributed by atoms with van der Waals surface area (Å²) in [6, 6.07) is 13.1. The molecule has 0 aliphatic heterocycles. The number of hydrogen-bond acceptors (Lipinski definition) is 3. The summed E-state index contributed by atoms with van der Waals surface area (Å²) in [5.74, 6) is -1.85. The molecule has 0 fully saturated rings. The SMILES string of the molecule is COc1cc(C(=O)C(C#N)c2cccc(C)c2)ccc1F. The van der Waals surface area contributed by atoms with Crippen LogP contribution >= 0.6 is 0 Å². The molecule has 0 aromatic heterocycles. The fourth-order valence-electron chi connectivity index (χ4n) is 2.11. The third-order valence-corrected chi connectivity index (χ3v) is 3.20. The number of benzene rings is 2. The molecule has 21 heavy (non-hydrogen) atoms. The van der Waals surface area contributed by atoms with Crippen LogP contribution in [0.25, 0.3) is 0 Å². The van der Waals surface area contributed by atoms with Gasteiger partial charge in [-0.25, -0.2) is 4.39 Å². The second kappa shape index (κ2) is 6.19. The summed E-state index contributed by atoms with van der Waals surface area (Å²) >= 11 is 0. The Kier molecular flexibility index (Phi) is 4.34. The number of Topliss-reactive ketones (excluding diaryl/α,β-unsaturated/α-hetero) is 1. The van der Waals surface area contributed by atoms with E-state index in [1.54, 1.807) is 18.2 Å². The van der Waals surface area contributed by atoms with Gasteiger partial charge < -0.3 is 4.74 Å². The zero-order chi connectivity index (χ0) is 15.4. The number of hydrogen-bond donors (Lipinski definition) is 0. The largest absolute Gasteiger partial charge is 0.494 e. The van der Waals surface area contributed by atoms with Crippen LogP contribution in [-0.2, 0) is 0 Å². The lowest BCUT2D eigenvalue weighted by atomic mass is 9.91. The summed E-state index contributed by atoms with van der Waals surface area (Å²) < 4.78 is 18.3. The van der Waals surface area contributed by atoms with E-state index in [0.717, 1.165) is 11.6 Å². The number of rotatable bonds is 4. The minimum atomic E-state index is -0.917. The second-order valence-electron chi connectivity index (χ2n) is 4.69. The number of nitrogens with zero attached hydrogens (tertiary/aromatic N) is 1. The zero-order valence-electron chi connectivity index (χ0n) is 11.8. The third-order valence-electron chi connectivity index (χ3n) is 3.20. The van der Waals surface area contributed by atoms with Crippen LogP contribution in [-0.4, -0.2) is 12.9 Å². The van der Waals surface area contributed by atoms with Gasteiger partial charge in [-0.05, 0) is 30.7 Å². The predicted molar refractivity (Wildman–Crippen MR) is 76.8 cm³/mol. The fourth-order valence-corrected chi connectivity index (χ4v) is 2.11. The quantitative estimate of drug-likeness (QED) is 0.805. The molecule has 0 radical (unpaired) electrons. The Morgan fingerprint density at radius 2 is 2.05 bits per heavy atom. The Bertz CT molecular complexity index is 719. The number of methoxy groups -OCH3 is 1. The molecule has 2 aromatic carbocycles. The van der Waals surface area contributed by atoms with Crippen LogP contribution < -0.4 is 4.74 Å². The Hall–Kier alpha value is -2.67. The highest BCUT2D eigenvalue weighted by Gasteiger charge is 2.22. The van der Waals surface area contributed by atoms with Gasteiger partial charge in [0.2, 0.25) is 0 Å².